The topological polar surface area (TPSA) is 75.6 Å². The molecule has 1 saturated carbocycles. The highest BCUT2D eigenvalue weighted by molar-refractivity contribution is 5.87. The molecule has 0 radical (unpaired) electrons. The van der Waals surface area contributed by atoms with E-state index in [-0.39, 0.29) is 23.5 Å². The van der Waals surface area contributed by atoms with E-state index < -0.39 is 5.97 Å². The van der Waals surface area contributed by atoms with E-state index in [1.54, 1.807) is 24.3 Å². The Kier molecular flexibility index (Phi) is 5.95. The second kappa shape index (κ2) is 7.94. The third-order valence-electron chi connectivity index (χ3n) is 4.12. The van der Waals surface area contributed by atoms with Crippen LogP contribution in [0.15, 0.2) is 24.3 Å². The maximum Gasteiger partial charge on any atom is 0.335 e. The van der Waals surface area contributed by atoms with Crippen LogP contribution in [0.4, 0.5) is 0 Å². The zero-order chi connectivity index (χ0) is 15.9. The van der Waals surface area contributed by atoms with Gasteiger partial charge in [-0.1, -0.05) is 25.0 Å². The first-order valence-electron chi connectivity index (χ1n) is 7.84. The van der Waals surface area contributed by atoms with Crippen LogP contribution in [0.1, 0.15) is 48.5 Å². The first-order chi connectivity index (χ1) is 10.6. The fraction of sp³-hybridized carbons (Fsp3) is 0.529. The molecule has 120 valence electrons. The predicted octanol–water partition coefficient (Wildman–Crippen LogP) is 2.60. The van der Waals surface area contributed by atoms with Crippen molar-refractivity contribution in [3.05, 3.63) is 35.4 Å². The van der Waals surface area contributed by atoms with Crippen LogP contribution in [0.2, 0.25) is 0 Å². The zero-order valence-electron chi connectivity index (χ0n) is 12.9. The van der Waals surface area contributed by atoms with E-state index in [0.29, 0.717) is 13.2 Å². The van der Waals surface area contributed by atoms with Crippen LogP contribution < -0.4 is 5.32 Å². The summed E-state index contributed by atoms with van der Waals surface area (Å²) in [5.41, 5.74) is 1.30. The molecule has 2 N–H and O–H groups in total. The average molecular weight is 305 g/mol. The Labute approximate surface area is 130 Å². The lowest BCUT2D eigenvalue weighted by Gasteiger charge is -2.30. The van der Waals surface area contributed by atoms with Gasteiger partial charge in [0, 0.05) is 12.6 Å². The summed E-state index contributed by atoms with van der Waals surface area (Å²) >= 11 is 0. The maximum atomic E-state index is 12.0. The van der Waals surface area contributed by atoms with Crippen LogP contribution in [-0.2, 0) is 16.1 Å². The number of hydrogen-bond acceptors (Lipinski definition) is 4. The van der Waals surface area contributed by atoms with Crippen molar-refractivity contribution in [2.75, 3.05) is 6.61 Å². The van der Waals surface area contributed by atoms with E-state index in [1.165, 1.54) is 0 Å². The van der Waals surface area contributed by atoms with Crippen LogP contribution in [0.5, 0.6) is 0 Å². The van der Waals surface area contributed by atoms with Gasteiger partial charge in [0.15, 0.2) is 0 Å². The Morgan fingerprint density at radius 1 is 1.23 bits per heavy atom. The minimum atomic E-state index is -0.922. The molecule has 1 aromatic rings. The Hall–Kier alpha value is -1.88. The van der Waals surface area contributed by atoms with Crippen LogP contribution >= 0.6 is 0 Å². The molecule has 0 amide bonds. The van der Waals surface area contributed by atoms with Gasteiger partial charge in [-0.3, -0.25) is 4.79 Å². The van der Waals surface area contributed by atoms with Crippen LogP contribution in [0, 0.1) is 5.92 Å². The Morgan fingerprint density at radius 3 is 2.55 bits per heavy atom. The molecule has 22 heavy (non-hydrogen) atoms. The lowest BCUT2D eigenvalue weighted by molar-refractivity contribution is -0.150. The summed E-state index contributed by atoms with van der Waals surface area (Å²) in [6.07, 6.45) is 4.02. The normalized spacial score (nSPS) is 21.3. The molecule has 1 aliphatic rings. The second-order valence-electron chi connectivity index (χ2n) is 5.63. The highest BCUT2D eigenvalue weighted by atomic mass is 16.5. The summed E-state index contributed by atoms with van der Waals surface area (Å²) in [5, 5.41) is 12.3. The number of carboxylic acid groups (broad SMARTS) is 1. The van der Waals surface area contributed by atoms with Gasteiger partial charge in [0.1, 0.15) is 0 Å². The number of ether oxygens (including phenoxy) is 1. The molecule has 5 heteroatoms. The standard InChI is InChI=1S/C17H23NO4/c1-2-22-17(21)14-5-3-4-6-15(14)18-11-12-7-9-13(10-8-12)16(19)20/h7-10,14-15,18H,2-6,11H2,1H3,(H,19,20)/t14-,15+/m1/s1. The third kappa shape index (κ3) is 4.31. The van der Waals surface area contributed by atoms with E-state index in [9.17, 15) is 9.59 Å². The molecule has 1 aliphatic carbocycles. The van der Waals surface area contributed by atoms with Gasteiger partial charge in [-0.15, -0.1) is 0 Å². The highest BCUT2D eigenvalue weighted by Crippen LogP contribution is 2.26. The number of benzene rings is 1. The predicted molar refractivity (Wildman–Crippen MR) is 82.6 cm³/mol. The number of hydrogen-bond donors (Lipinski definition) is 2. The molecule has 1 fully saturated rings. The van der Waals surface area contributed by atoms with Gasteiger partial charge in [0.25, 0.3) is 0 Å². The number of carbonyl (C=O) groups is 2. The second-order valence-corrected chi connectivity index (χ2v) is 5.63. The first kappa shape index (κ1) is 16.5. The Bertz CT molecular complexity index is 512. The summed E-state index contributed by atoms with van der Waals surface area (Å²) in [5.74, 6) is -1.11. The maximum absolute atomic E-state index is 12.0. The van der Waals surface area contributed by atoms with Crippen LogP contribution in [0.3, 0.4) is 0 Å². The fourth-order valence-electron chi connectivity index (χ4n) is 2.92. The van der Waals surface area contributed by atoms with Crippen molar-refractivity contribution >= 4 is 11.9 Å². The molecule has 0 heterocycles. The molecular weight excluding hydrogens is 282 g/mol. The number of aromatic carboxylic acids is 1. The average Bonchev–Trinajstić information content (AvgIpc) is 2.54. The quantitative estimate of drug-likeness (QED) is 0.790. The number of esters is 1. The van der Waals surface area contributed by atoms with Crippen LogP contribution in [-0.4, -0.2) is 29.7 Å². The minimum absolute atomic E-state index is 0.0769. The van der Waals surface area contributed by atoms with E-state index in [4.69, 9.17) is 9.84 Å². The molecule has 2 rings (SSSR count). The number of carboxylic acids is 1. The molecule has 0 spiro atoms. The van der Waals surface area contributed by atoms with Gasteiger partial charge in [0.05, 0.1) is 18.1 Å². The molecule has 5 nitrogen and oxygen atoms in total. The van der Waals surface area contributed by atoms with Crippen molar-refractivity contribution in [1.82, 2.24) is 5.32 Å². The summed E-state index contributed by atoms with van der Waals surface area (Å²) in [6.45, 7) is 2.87. The van der Waals surface area contributed by atoms with Gasteiger partial charge < -0.3 is 15.2 Å². The zero-order valence-corrected chi connectivity index (χ0v) is 12.9. The van der Waals surface area contributed by atoms with Crippen molar-refractivity contribution in [1.29, 1.82) is 0 Å². The van der Waals surface area contributed by atoms with Gasteiger partial charge in [0.2, 0.25) is 0 Å². The number of nitrogens with one attached hydrogen (secondary N) is 1. The highest BCUT2D eigenvalue weighted by Gasteiger charge is 2.31. The molecule has 1 aromatic carbocycles. The number of rotatable bonds is 6. The fourth-order valence-corrected chi connectivity index (χ4v) is 2.92. The number of carbonyl (C=O) groups excluding carboxylic acids is 1. The molecule has 0 aromatic heterocycles. The summed E-state index contributed by atoms with van der Waals surface area (Å²) in [7, 11) is 0. The SMILES string of the molecule is CCOC(=O)[C@@H]1CCCC[C@@H]1NCc1ccc(C(=O)O)cc1. The van der Waals surface area contributed by atoms with Crippen LogP contribution in [0.25, 0.3) is 0 Å². The van der Waals surface area contributed by atoms with E-state index in [1.807, 2.05) is 6.92 Å². The minimum Gasteiger partial charge on any atom is -0.478 e. The van der Waals surface area contributed by atoms with E-state index in [0.717, 1.165) is 31.2 Å². The summed E-state index contributed by atoms with van der Waals surface area (Å²) < 4.78 is 5.16. The smallest absolute Gasteiger partial charge is 0.335 e. The van der Waals surface area contributed by atoms with E-state index in [2.05, 4.69) is 5.32 Å². The Balaban J connectivity index is 1.93. The van der Waals surface area contributed by atoms with E-state index >= 15 is 0 Å². The van der Waals surface area contributed by atoms with Gasteiger partial charge in [-0.05, 0) is 37.5 Å². The molecular formula is C17H23NO4. The Morgan fingerprint density at radius 2 is 1.91 bits per heavy atom. The lowest BCUT2D eigenvalue weighted by Crippen LogP contribution is -2.42. The molecule has 0 saturated heterocycles. The first-order valence-corrected chi connectivity index (χ1v) is 7.84. The van der Waals surface area contributed by atoms with Gasteiger partial charge in [-0.25, -0.2) is 4.79 Å². The molecule has 0 aliphatic heterocycles. The van der Waals surface area contributed by atoms with Crippen molar-refractivity contribution in [2.45, 2.75) is 45.2 Å². The summed E-state index contributed by atoms with van der Waals surface area (Å²) in [6, 6.07) is 6.94. The molecule has 2 atom stereocenters. The monoisotopic (exact) mass is 305 g/mol. The molecule has 0 unspecified atom stereocenters. The van der Waals surface area contributed by atoms with Crippen molar-refractivity contribution in [3.63, 3.8) is 0 Å². The third-order valence-corrected chi connectivity index (χ3v) is 4.12. The summed E-state index contributed by atoms with van der Waals surface area (Å²) in [4.78, 5) is 22.8. The molecule has 0 bridgehead atoms. The van der Waals surface area contributed by atoms with Crippen molar-refractivity contribution < 1.29 is 19.4 Å². The largest absolute Gasteiger partial charge is 0.478 e. The van der Waals surface area contributed by atoms with Gasteiger partial charge in [-0.2, -0.15) is 0 Å². The van der Waals surface area contributed by atoms with Crippen molar-refractivity contribution in [3.8, 4) is 0 Å². The lowest BCUT2D eigenvalue weighted by atomic mass is 9.84. The van der Waals surface area contributed by atoms with Gasteiger partial charge >= 0.3 is 11.9 Å². The van der Waals surface area contributed by atoms with Crippen molar-refractivity contribution in [2.24, 2.45) is 5.92 Å².